The molecule has 3 aromatic rings. The fourth-order valence-electron chi connectivity index (χ4n) is 3.20. The highest BCUT2D eigenvalue weighted by Crippen LogP contribution is 2.28. The van der Waals surface area contributed by atoms with Crippen molar-refractivity contribution in [2.24, 2.45) is 0 Å². The van der Waals surface area contributed by atoms with Crippen molar-refractivity contribution in [3.05, 3.63) is 86.2 Å². The van der Waals surface area contributed by atoms with E-state index in [2.05, 4.69) is 4.98 Å². The van der Waals surface area contributed by atoms with Gasteiger partial charge in [0.25, 0.3) is 0 Å². The van der Waals surface area contributed by atoms with Crippen LogP contribution in [0.4, 0.5) is 4.39 Å². The van der Waals surface area contributed by atoms with Crippen LogP contribution < -0.4 is 5.43 Å². The summed E-state index contributed by atoms with van der Waals surface area (Å²) < 4.78 is 15.1. The van der Waals surface area contributed by atoms with E-state index in [0.717, 1.165) is 0 Å². The number of aromatic nitrogens is 2. The van der Waals surface area contributed by atoms with Gasteiger partial charge in [0, 0.05) is 36.0 Å². The Kier molecular flexibility index (Phi) is 5.76. The van der Waals surface area contributed by atoms with Crippen LogP contribution in [0.5, 0.6) is 0 Å². The Hall–Kier alpha value is -3.50. The molecule has 0 aliphatic rings. The Morgan fingerprint density at radius 3 is 2.66 bits per heavy atom. The smallest absolute Gasteiger partial charge is 0.341 e. The first kappa shape index (κ1) is 20.2. The van der Waals surface area contributed by atoms with E-state index in [-0.39, 0.29) is 22.7 Å². The standard InChI is InChI=1S/C21H15ClFN3O3/c1-2-26-15(9-14-4-3-5-18(23)25-14)10-17(27)19(21(28)29)20(26)12-6-7-13(11-24)16(22)8-12/h3-8,10H,2,9H2,1H3,(H,28,29). The van der Waals surface area contributed by atoms with Crippen molar-refractivity contribution in [3.8, 4) is 17.3 Å². The fraction of sp³-hybridized carbons (Fsp3) is 0.143. The van der Waals surface area contributed by atoms with Crippen molar-refractivity contribution < 1.29 is 14.3 Å². The zero-order valence-electron chi connectivity index (χ0n) is 15.3. The van der Waals surface area contributed by atoms with E-state index in [4.69, 9.17) is 16.9 Å². The molecule has 1 aromatic carbocycles. The molecule has 1 N–H and O–H groups in total. The maximum absolute atomic E-state index is 13.5. The van der Waals surface area contributed by atoms with Crippen molar-refractivity contribution >= 4 is 17.6 Å². The molecule has 0 atom stereocenters. The minimum Gasteiger partial charge on any atom is -0.477 e. The monoisotopic (exact) mass is 411 g/mol. The molecule has 0 aliphatic carbocycles. The number of hydrogen-bond donors (Lipinski definition) is 1. The Morgan fingerprint density at radius 1 is 1.31 bits per heavy atom. The van der Waals surface area contributed by atoms with E-state index in [0.29, 0.717) is 23.5 Å². The summed E-state index contributed by atoms with van der Waals surface area (Å²) in [4.78, 5) is 28.3. The highest BCUT2D eigenvalue weighted by atomic mass is 35.5. The molecule has 0 saturated heterocycles. The topological polar surface area (TPSA) is 96.0 Å². The lowest BCUT2D eigenvalue weighted by atomic mass is 10.0. The molecule has 0 radical (unpaired) electrons. The molecule has 146 valence electrons. The van der Waals surface area contributed by atoms with Gasteiger partial charge in [0.2, 0.25) is 5.95 Å². The predicted molar refractivity (Wildman–Crippen MR) is 105 cm³/mol. The van der Waals surface area contributed by atoms with Crippen molar-refractivity contribution in [1.29, 1.82) is 5.26 Å². The van der Waals surface area contributed by atoms with Crippen LogP contribution in [0, 0.1) is 17.3 Å². The van der Waals surface area contributed by atoms with Gasteiger partial charge < -0.3 is 9.67 Å². The van der Waals surface area contributed by atoms with Gasteiger partial charge in [-0.2, -0.15) is 9.65 Å². The third-order valence-electron chi connectivity index (χ3n) is 4.43. The SMILES string of the molecule is CCn1c(Cc2cccc(F)n2)cc(=O)c(C(=O)O)c1-c1ccc(C#N)c(Cl)c1. The molecule has 0 bridgehead atoms. The second kappa shape index (κ2) is 8.25. The molecule has 0 saturated carbocycles. The fourth-order valence-corrected chi connectivity index (χ4v) is 3.42. The lowest BCUT2D eigenvalue weighted by Crippen LogP contribution is -2.23. The molecule has 0 fully saturated rings. The quantitative estimate of drug-likeness (QED) is 0.642. The van der Waals surface area contributed by atoms with E-state index in [1.165, 1.54) is 30.3 Å². The van der Waals surface area contributed by atoms with Gasteiger partial charge in [0.15, 0.2) is 5.43 Å². The Labute approximate surface area is 170 Å². The molecule has 0 unspecified atom stereocenters. The number of carboxylic acids is 1. The molecule has 8 heteroatoms. The number of carboxylic acid groups (broad SMARTS) is 1. The summed E-state index contributed by atoms with van der Waals surface area (Å²) in [7, 11) is 0. The molecule has 29 heavy (non-hydrogen) atoms. The molecular weight excluding hydrogens is 397 g/mol. The number of rotatable bonds is 5. The van der Waals surface area contributed by atoms with E-state index >= 15 is 0 Å². The largest absolute Gasteiger partial charge is 0.477 e. The van der Waals surface area contributed by atoms with Crippen LogP contribution in [0.25, 0.3) is 11.3 Å². The van der Waals surface area contributed by atoms with E-state index in [1.807, 2.05) is 6.07 Å². The maximum Gasteiger partial charge on any atom is 0.341 e. The predicted octanol–water partition coefficient (Wildman–Crippen LogP) is 3.88. The van der Waals surface area contributed by atoms with Gasteiger partial charge >= 0.3 is 5.97 Å². The third kappa shape index (κ3) is 4.03. The van der Waals surface area contributed by atoms with Crippen molar-refractivity contribution in [2.45, 2.75) is 19.9 Å². The molecular formula is C21H15ClFN3O3. The summed E-state index contributed by atoms with van der Waals surface area (Å²) in [5.41, 5.74) is 0.602. The van der Waals surface area contributed by atoms with Crippen LogP contribution in [0.15, 0.2) is 47.3 Å². The van der Waals surface area contributed by atoms with Gasteiger partial charge in [-0.15, -0.1) is 0 Å². The van der Waals surface area contributed by atoms with Gasteiger partial charge in [0.05, 0.1) is 16.3 Å². The lowest BCUT2D eigenvalue weighted by Gasteiger charge is -2.20. The van der Waals surface area contributed by atoms with Crippen LogP contribution in [-0.4, -0.2) is 20.6 Å². The average molecular weight is 412 g/mol. The van der Waals surface area contributed by atoms with Crippen molar-refractivity contribution in [3.63, 3.8) is 0 Å². The minimum absolute atomic E-state index is 0.137. The van der Waals surface area contributed by atoms with Crippen molar-refractivity contribution in [1.82, 2.24) is 9.55 Å². The number of carbonyl (C=O) groups is 1. The first-order valence-electron chi connectivity index (χ1n) is 8.67. The second-order valence-corrected chi connectivity index (χ2v) is 6.61. The van der Waals surface area contributed by atoms with E-state index < -0.39 is 22.9 Å². The number of aromatic carboxylic acids is 1. The molecule has 0 amide bonds. The second-order valence-electron chi connectivity index (χ2n) is 6.21. The maximum atomic E-state index is 13.5. The van der Waals surface area contributed by atoms with Gasteiger partial charge in [-0.3, -0.25) is 4.79 Å². The summed E-state index contributed by atoms with van der Waals surface area (Å²) in [6.45, 7) is 2.14. The molecule has 2 heterocycles. The summed E-state index contributed by atoms with van der Waals surface area (Å²) in [5.74, 6) is -2.02. The van der Waals surface area contributed by atoms with Gasteiger partial charge in [0.1, 0.15) is 11.6 Å². The first-order valence-corrected chi connectivity index (χ1v) is 9.05. The minimum atomic E-state index is -1.37. The van der Waals surface area contributed by atoms with Crippen LogP contribution in [0.3, 0.4) is 0 Å². The molecule has 0 aliphatic heterocycles. The highest BCUT2D eigenvalue weighted by molar-refractivity contribution is 6.32. The number of benzene rings is 1. The number of nitrogens with zero attached hydrogens (tertiary/aromatic N) is 3. The molecule has 6 nitrogen and oxygen atoms in total. The summed E-state index contributed by atoms with van der Waals surface area (Å²) >= 11 is 6.12. The summed E-state index contributed by atoms with van der Waals surface area (Å²) in [5, 5.41) is 18.9. The highest BCUT2D eigenvalue weighted by Gasteiger charge is 2.22. The number of hydrogen-bond acceptors (Lipinski definition) is 4. The number of pyridine rings is 2. The molecule has 2 aromatic heterocycles. The lowest BCUT2D eigenvalue weighted by molar-refractivity contribution is 0.0695. The number of halogens is 2. The van der Waals surface area contributed by atoms with Crippen LogP contribution >= 0.6 is 11.6 Å². The Balaban J connectivity index is 2.29. The van der Waals surface area contributed by atoms with Gasteiger partial charge in [-0.1, -0.05) is 23.7 Å². The zero-order valence-corrected chi connectivity index (χ0v) is 16.1. The molecule has 3 rings (SSSR count). The normalized spacial score (nSPS) is 10.6. The summed E-state index contributed by atoms with van der Waals surface area (Å²) in [6.07, 6.45) is 0.137. The van der Waals surface area contributed by atoms with Gasteiger partial charge in [-0.25, -0.2) is 9.78 Å². The zero-order chi connectivity index (χ0) is 21.1. The molecule has 0 spiro atoms. The van der Waals surface area contributed by atoms with Gasteiger partial charge in [-0.05, 0) is 31.2 Å². The van der Waals surface area contributed by atoms with E-state index in [1.54, 1.807) is 23.6 Å². The first-order chi connectivity index (χ1) is 13.8. The van der Waals surface area contributed by atoms with E-state index in [9.17, 15) is 19.1 Å². The third-order valence-corrected chi connectivity index (χ3v) is 4.74. The van der Waals surface area contributed by atoms with Crippen LogP contribution in [-0.2, 0) is 13.0 Å². The Bertz CT molecular complexity index is 1210. The van der Waals surface area contributed by atoms with Crippen molar-refractivity contribution in [2.75, 3.05) is 0 Å². The summed E-state index contributed by atoms with van der Waals surface area (Å²) in [6, 6.07) is 12.0. The number of nitriles is 1. The van der Waals surface area contributed by atoms with Crippen LogP contribution in [0.1, 0.15) is 34.2 Å². The van der Waals surface area contributed by atoms with Crippen LogP contribution in [0.2, 0.25) is 5.02 Å². The Morgan fingerprint density at radius 2 is 2.07 bits per heavy atom. The average Bonchev–Trinajstić information content (AvgIpc) is 2.67.